The van der Waals surface area contributed by atoms with Gasteiger partial charge < -0.3 is 10.4 Å². The van der Waals surface area contributed by atoms with E-state index in [-0.39, 0.29) is 0 Å². The average Bonchev–Trinajstić information content (AvgIpc) is 2.89. The Morgan fingerprint density at radius 3 is 2.86 bits per heavy atom. The smallest absolute Gasteiger partial charge is 0.340 e. The first-order chi connectivity index (χ1) is 9.94. The third-order valence-electron chi connectivity index (χ3n) is 2.66. The topological polar surface area (TPSA) is 124 Å². The summed E-state index contributed by atoms with van der Waals surface area (Å²) in [7, 11) is -2.27. The van der Waals surface area contributed by atoms with Crippen LogP contribution in [0.3, 0.4) is 0 Å². The van der Waals surface area contributed by atoms with Crippen LogP contribution in [0.25, 0.3) is 0 Å². The number of carboxylic acid groups (broad SMARTS) is 1. The largest absolute Gasteiger partial charge is 0.478 e. The van der Waals surface area contributed by atoms with Crippen LogP contribution in [0, 0.1) is 0 Å². The number of aromatic nitrogens is 2. The summed E-state index contributed by atoms with van der Waals surface area (Å²) in [5, 5.41) is 17.1. The van der Waals surface area contributed by atoms with Gasteiger partial charge in [0.25, 0.3) is 10.0 Å². The molecule has 4 N–H and O–H groups in total. The molecule has 0 aliphatic heterocycles. The maximum Gasteiger partial charge on any atom is 0.340 e. The second kappa shape index (κ2) is 5.94. The van der Waals surface area contributed by atoms with Gasteiger partial charge in [-0.1, -0.05) is 12.1 Å². The lowest BCUT2D eigenvalue weighted by Gasteiger charge is -2.08. The quantitative estimate of drug-likeness (QED) is 0.620. The number of aromatic carboxylic acids is 1. The Kier molecular flexibility index (Phi) is 4.24. The zero-order valence-corrected chi connectivity index (χ0v) is 11.9. The summed E-state index contributed by atoms with van der Waals surface area (Å²) in [5.41, 5.74) is 0.823. The molecule has 0 amide bonds. The lowest BCUT2D eigenvalue weighted by molar-refractivity contribution is 0.0692. The minimum absolute atomic E-state index is 0.341. The monoisotopic (exact) mass is 310 g/mol. The molecule has 0 unspecified atom stereocenters. The lowest BCUT2D eigenvalue weighted by atomic mass is 10.2. The SMILES string of the molecule is CNCc1cccc(NS(=O)(=O)c2[nH]ncc2C(=O)O)c1. The predicted molar refractivity (Wildman–Crippen MR) is 75.6 cm³/mol. The minimum atomic E-state index is -4.05. The summed E-state index contributed by atoms with van der Waals surface area (Å²) < 4.78 is 26.7. The first-order valence-corrected chi connectivity index (χ1v) is 7.45. The standard InChI is InChI=1S/C12H14N4O4S/c1-13-6-8-3-2-4-9(5-8)16-21(19,20)11-10(12(17)18)7-14-15-11/h2-5,7,13,16H,6H2,1H3,(H,14,15)(H,17,18). The minimum Gasteiger partial charge on any atom is -0.478 e. The van der Waals surface area contributed by atoms with Gasteiger partial charge in [-0.3, -0.25) is 9.82 Å². The van der Waals surface area contributed by atoms with Gasteiger partial charge in [0.05, 0.1) is 6.20 Å². The highest BCUT2D eigenvalue weighted by Gasteiger charge is 2.24. The number of hydrogen-bond acceptors (Lipinski definition) is 5. The Labute approximate surface area is 121 Å². The molecule has 1 aromatic carbocycles. The van der Waals surface area contributed by atoms with Crippen molar-refractivity contribution in [2.24, 2.45) is 0 Å². The Bertz CT molecular complexity index is 754. The van der Waals surface area contributed by atoms with Crippen LogP contribution < -0.4 is 10.0 Å². The molecule has 0 radical (unpaired) electrons. The molecule has 21 heavy (non-hydrogen) atoms. The van der Waals surface area contributed by atoms with Gasteiger partial charge in [0.15, 0.2) is 5.03 Å². The maximum atomic E-state index is 12.2. The summed E-state index contributed by atoms with van der Waals surface area (Å²) in [6, 6.07) is 6.78. The van der Waals surface area contributed by atoms with Crippen molar-refractivity contribution in [1.29, 1.82) is 0 Å². The number of H-pyrrole nitrogens is 1. The van der Waals surface area contributed by atoms with Crippen molar-refractivity contribution >= 4 is 21.7 Å². The van der Waals surface area contributed by atoms with E-state index in [2.05, 4.69) is 20.2 Å². The summed E-state index contributed by atoms with van der Waals surface area (Å²) >= 11 is 0. The van der Waals surface area contributed by atoms with E-state index in [0.29, 0.717) is 12.2 Å². The molecule has 9 heteroatoms. The zero-order valence-electron chi connectivity index (χ0n) is 11.1. The number of benzene rings is 1. The fourth-order valence-electron chi connectivity index (χ4n) is 1.79. The molecule has 1 aromatic heterocycles. The molecular formula is C12H14N4O4S. The van der Waals surface area contributed by atoms with Crippen LogP contribution in [-0.4, -0.2) is 36.7 Å². The Balaban J connectivity index is 2.31. The van der Waals surface area contributed by atoms with E-state index < -0.39 is 26.6 Å². The van der Waals surface area contributed by atoms with Crippen LogP contribution in [0.2, 0.25) is 0 Å². The Morgan fingerprint density at radius 1 is 1.43 bits per heavy atom. The summed E-state index contributed by atoms with van der Waals surface area (Å²) in [6.45, 7) is 0.583. The van der Waals surface area contributed by atoms with E-state index >= 15 is 0 Å². The van der Waals surface area contributed by atoms with E-state index in [1.54, 1.807) is 25.2 Å². The molecule has 0 aliphatic carbocycles. The van der Waals surface area contributed by atoms with Gasteiger partial charge in [0.2, 0.25) is 0 Å². The van der Waals surface area contributed by atoms with Gasteiger partial charge in [-0.05, 0) is 24.7 Å². The number of sulfonamides is 1. The number of anilines is 1. The van der Waals surface area contributed by atoms with Crippen molar-refractivity contribution in [3.8, 4) is 0 Å². The first kappa shape index (κ1) is 15.0. The molecule has 0 saturated carbocycles. The highest BCUT2D eigenvalue weighted by atomic mass is 32.2. The molecule has 112 valence electrons. The van der Waals surface area contributed by atoms with Crippen LogP contribution in [0.1, 0.15) is 15.9 Å². The number of carboxylic acids is 1. The van der Waals surface area contributed by atoms with Crippen molar-refractivity contribution in [1.82, 2.24) is 15.5 Å². The molecule has 2 rings (SSSR count). The van der Waals surface area contributed by atoms with E-state index in [1.807, 2.05) is 6.07 Å². The number of rotatable bonds is 6. The lowest BCUT2D eigenvalue weighted by Crippen LogP contribution is -2.17. The van der Waals surface area contributed by atoms with Gasteiger partial charge in [0, 0.05) is 12.2 Å². The fraction of sp³-hybridized carbons (Fsp3) is 0.167. The molecule has 8 nitrogen and oxygen atoms in total. The summed E-state index contributed by atoms with van der Waals surface area (Å²) in [5.74, 6) is -1.37. The number of aromatic amines is 1. The van der Waals surface area contributed by atoms with Crippen LogP contribution in [0.5, 0.6) is 0 Å². The Morgan fingerprint density at radius 2 is 2.19 bits per heavy atom. The van der Waals surface area contributed by atoms with Crippen LogP contribution in [-0.2, 0) is 16.6 Å². The first-order valence-electron chi connectivity index (χ1n) is 5.97. The molecule has 0 atom stereocenters. The van der Waals surface area contributed by atoms with Gasteiger partial charge in [-0.2, -0.15) is 13.5 Å². The van der Waals surface area contributed by atoms with Crippen LogP contribution >= 0.6 is 0 Å². The van der Waals surface area contributed by atoms with Crippen molar-refractivity contribution in [3.05, 3.63) is 41.6 Å². The number of hydrogen-bond donors (Lipinski definition) is 4. The van der Waals surface area contributed by atoms with Crippen LogP contribution in [0.4, 0.5) is 5.69 Å². The van der Waals surface area contributed by atoms with E-state index in [9.17, 15) is 13.2 Å². The average molecular weight is 310 g/mol. The molecule has 0 spiro atoms. The third-order valence-corrected chi connectivity index (χ3v) is 4.02. The molecule has 1 heterocycles. The zero-order chi connectivity index (χ0) is 15.5. The number of nitrogens with one attached hydrogen (secondary N) is 3. The van der Waals surface area contributed by atoms with E-state index in [0.717, 1.165) is 11.8 Å². The van der Waals surface area contributed by atoms with Gasteiger partial charge >= 0.3 is 5.97 Å². The highest BCUT2D eigenvalue weighted by Crippen LogP contribution is 2.18. The second-order valence-corrected chi connectivity index (χ2v) is 5.87. The molecule has 0 bridgehead atoms. The van der Waals surface area contributed by atoms with E-state index in [1.165, 1.54) is 0 Å². The summed E-state index contributed by atoms with van der Waals surface area (Å²) in [4.78, 5) is 11.0. The van der Waals surface area contributed by atoms with Crippen molar-refractivity contribution < 1.29 is 18.3 Å². The van der Waals surface area contributed by atoms with Gasteiger partial charge in [0.1, 0.15) is 5.56 Å². The fourth-order valence-corrected chi connectivity index (χ4v) is 2.93. The number of carbonyl (C=O) groups is 1. The maximum absolute atomic E-state index is 12.2. The molecular weight excluding hydrogens is 296 g/mol. The highest BCUT2D eigenvalue weighted by molar-refractivity contribution is 7.92. The van der Waals surface area contributed by atoms with Crippen molar-refractivity contribution in [3.63, 3.8) is 0 Å². The normalized spacial score (nSPS) is 11.3. The third kappa shape index (κ3) is 3.38. The van der Waals surface area contributed by atoms with Crippen molar-refractivity contribution in [2.45, 2.75) is 11.6 Å². The predicted octanol–water partition coefficient (Wildman–Crippen LogP) is 0.628. The molecule has 2 aromatic rings. The molecule has 0 aliphatic rings. The Hall–Kier alpha value is -2.39. The summed E-state index contributed by atoms with van der Waals surface area (Å²) in [6.07, 6.45) is 0.953. The van der Waals surface area contributed by atoms with Gasteiger partial charge in [-0.15, -0.1) is 0 Å². The van der Waals surface area contributed by atoms with Crippen molar-refractivity contribution in [2.75, 3.05) is 11.8 Å². The number of nitrogens with zero attached hydrogens (tertiary/aromatic N) is 1. The van der Waals surface area contributed by atoms with Gasteiger partial charge in [-0.25, -0.2) is 4.79 Å². The van der Waals surface area contributed by atoms with Crippen LogP contribution in [0.15, 0.2) is 35.5 Å². The second-order valence-electron chi connectivity index (χ2n) is 4.25. The molecule has 0 saturated heterocycles. The molecule has 0 fully saturated rings. The van der Waals surface area contributed by atoms with E-state index in [4.69, 9.17) is 5.11 Å².